The number of carbonyl (C=O) groups is 1. The van der Waals surface area contributed by atoms with Crippen molar-refractivity contribution in [2.24, 2.45) is 0 Å². The number of nitrogens with one attached hydrogen (secondary N) is 1. The van der Waals surface area contributed by atoms with E-state index >= 15 is 0 Å². The first-order valence-corrected chi connectivity index (χ1v) is 8.26. The number of H-pyrrole nitrogens is 1. The molecule has 1 aliphatic carbocycles. The maximum absolute atomic E-state index is 13.1. The largest absolute Gasteiger partial charge is 0.345 e. The van der Waals surface area contributed by atoms with Crippen molar-refractivity contribution in [2.75, 3.05) is 13.6 Å². The zero-order valence-electron chi connectivity index (χ0n) is 13.5. The van der Waals surface area contributed by atoms with Gasteiger partial charge < -0.3 is 4.90 Å². The topological polar surface area (TPSA) is 74.8 Å². The Balaban J connectivity index is 1.73. The van der Waals surface area contributed by atoms with E-state index in [1.54, 1.807) is 0 Å². The van der Waals surface area contributed by atoms with Gasteiger partial charge in [-0.05, 0) is 24.8 Å². The summed E-state index contributed by atoms with van der Waals surface area (Å²) in [6.07, 6.45) is 5.70. The molecule has 0 radical (unpaired) electrons. The van der Waals surface area contributed by atoms with E-state index in [2.05, 4.69) is 32.8 Å². The van der Waals surface area contributed by atoms with Crippen LogP contribution in [0.3, 0.4) is 0 Å². The molecule has 1 aromatic heterocycles. The molecule has 6 heteroatoms. The van der Waals surface area contributed by atoms with E-state index in [-0.39, 0.29) is 5.91 Å². The zero-order chi connectivity index (χ0) is 16.1. The summed E-state index contributed by atoms with van der Waals surface area (Å²) >= 11 is 0. The maximum atomic E-state index is 13.1. The van der Waals surface area contributed by atoms with Gasteiger partial charge >= 0.3 is 0 Å². The van der Waals surface area contributed by atoms with E-state index in [1.807, 2.05) is 30.1 Å². The third-order valence-corrected chi connectivity index (χ3v) is 4.82. The van der Waals surface area contributed by atoms with Crippen LogP contribution in [0.2, 0.25) is 0 Å². The van der Waals surface area contributed by atoms with Crippen molar-refractivity contribution >= 4 is 5.91 Å². The molecule has 1 fully saturated rings. The number of tetrazole rings is 1. The van der Waals surface area contributed by atoms with Gasteiger partial charge in [0.2, 0.25) is 5.91 Å². The highest BCUT2D eigenvalue weighted by Gasteiger charge is 2.46. The normalized spacial score (nSPS) is 16.9. The Kier molecular flexibility index (Phi) is 4.69. The van der Waals surface area contributed by atoms with Gasteiger partial charge in [-0.15, -0.1) is 10.2 Å². The minimum atomic E-state index is -0.601. The lowest BCUT2D eigenvalue weighted by Crippen LogP contribution is -2.48. The molecule has 2 aromatic rings. The Morgan fingerprint density at radius 2 is 1.96 bits per heavy atom. The number of benzene rings is 1. The third-order valence-electron chi connectivity index (χ3n) is 4.82. The van der Waals surface area contributed by atoms with E-state index in [4.69, 9.17) is 0 Å². The van der Waals surface area contributed by atoms with Gasteiger partial charge in [0.1, 0.15) is 5.41 Å². The smallest absolute Gasteiger partial charge is 0.236 e. The van der Waals surface area contributed by atoms with E-state index in [1.165, 1.54) is 12.0 Å². The standard InChI is InChI=1S/C17H23N5O/c1-22(13-10-14-8-4-2-5-9-14)16(23)17(11-6-3-7-12-17)15-18-20-21-19-15/h2,4-5,8-9H,3,6-7,10-13H2,1H3,(H,18,19,20,21). The second kappa shape index (κ2) is 6.89. The third kappa shape index (κ3) is 3.25. The van der Waals surface area contributed by atoms with Crippen LogP contribution in [0.4, 0.5) is 0 Å². The second-order valence-corrected chi connectivity index (χ2v) is 6.34. The highest BCUT2D eigenvalue weighted by Crippen LogP contribution is 2.38. The first-order chi connectivity index (χ1) is 11.2. The minimum Gasteiger partial charge on any atom is -0.345 e. The van der Waals surface area contributed by atoms with E-state index in [0.717, 1.165) is 32.1 Å². The van der Waals surface area contributed by atoms with Gasteiger partial charge in [-0.2, -0.15) is 5.21 Å². The van der Waals surface area contributed by atoms with Gasteiger partial charge in [-0.25, -0.2) is 0 Å². The summed E-state index contributed by atoms with van der Waals surface area (Å²) in [5.74, 6) is 0.670. The van der Waals surface area contributed by atoms with Crippen LogP contribution < -0.4 is 0 Å². The molecule has 0 bridgehead atoms. The molecule has 0 aliphatic heterocycles. The van der Waals surface area contributed by atoms with Gasteiger partial charge in [0.15, 0.2) is 5.82 Å². The highest BCUT2D eigenvalue weighted by atomic mass is 16.2. The van der Waals surface area contributed by atoms with Crippen LogP contribution in [0.5, 0.6) is 0 Å². The lowest BCUT2D eigenvalue weighted by Gasteiger charge is -2.36. The molecule has 6 nitrogen and oxygen atoms in total. The number of carbonyl (C=O) groups excluding carboxylic acids is 1. The number of amides is 1. The molecule has 0 unspecified atom stereocenters. The van der Waals surface area contributed by atoms with Crippen LogP contribution >= 0.6 is 0 Å². The molecule has 122 valence electrons. The van der Waals surface area contributed by atoms with Gasteiger partial charge in [0.05, 0.1) is 0 Å². The molecule has 1 heterocycles. The van der Waals surface area contributed by atoms with Crippen LogP contribution in [0, 0.1) is 0 Å². The first kappa shape index (κ1) is 15.6. The highest BCUT2D eigenvalue weighted by molar-refractivity contribution is 5.87. The molecule has 0 atom stereocenters. The van der Waals surface area contributed by atoms with Crippen molar-refractivity contribution in [3.63, 3.8) is 0 Å². The monoisotopic (exact) mass is 313 g/mol. The summed E-state index contributed by atoms with van der Waals surface area (Å²) in [5, 5.41) is 14.5. The summed E-state index contributed by atoms with van der Waals surface area (Å²) < 4.78 is 0. The average Bonchev–Trinajstić information content (AvgIpc) is 3.15. The molecular formula is C17H23N5O. The quantitative estimate of drug-likeness (QED) is 0.917. The fourth-order valence-electron chi connectivity index (χ4n) is 3.46. The van der Waals surface area contributed by atoms with Crippen molar-refractivity contribution in [3.05, 3.63) is 41.7 Å². The first-order valence-electron chi connectivity index (χ1n) is 8.26. The number of hydrogen-bond acceptors (Lipinski definition) is 4. The van der Waals surface area contributed by atoms with Crippen LogP contribution in [-0.2, 0) is 16.6 Å². The van der Waals surface area contributed by atoms with E-state index in [9.17, 15) is 4.79 Å². The summed E-state index contributed by atoms with van der Waals surface area (Å²) in [5.41, 5.74) is 0.640. The van der Waals surface area contributed by atoms with Crippen LogP contribution in [0.25, 0.3) is 0 Å². The predicted molar refractivity (Wildman–Crippen MR) is 86.7 cm³/mol. The maximum Gasteiger partial charge on any atom is 0.236 e. The summed E-state index contributed by atoms with van der Waals surface area (Å²) in [6, 6.07) is 10.2. The Labute approximate surface area is 136 Å². The predicted octanol–water partition coefficient (Wildman–Crippen LogP) is 2.10. The molecule has 1 amide bonds. The fraction of sp³-hybridized carbons (Fsp3) is 0.529. The van der Waals surface area contributed by atoms with Crippen LogP contribution in [0.15, 0.2) is 30.3 Å². The number of nitrogens with zero attached hydrogens (tertiary/aromatic N) is 4. The average molecular weight is 313 g/mol. The lowest BCUT2D eigenvalue weighted by atomic mass is 9.72. The Morgan fingerprint density at radius 1 is 1.22 bits per heavy atom. The molecule has 1 N–H and O–H groups in total. The number of rotatable bonds is 5. The van der Waals surface area contributed by atoms with Crippen molar-refractivity contribution < 1.29 is 4.79 Å². The van der Waals surface area contributed by atoms with Gasteiger partial charge in [0.25, 0.3) is 0 Å². The summed E-state index contributed by atoms with van der Waals surface area (Å²) in [4.78, 5) is 15.0. The molecular weight excluding hydrogens is 290 g/mol. The van der Waals surface area contributed by atoms with Crippen molar-refractivity contribution in [1.82, 2.24) is 25.5 Å². The van der Waals surface area contributed by atoms with Crippen LogP contribution in [0.1, 0.15) is 43.5 Å². The molecule has 23 heavy (non-hydrogen) atoms. The molecule has 1 aromatic carbocycles. The Bertz CT molecular complexity index is 620. The molecule has 0 saturated heterocycles. The van der Waals surface area contributed by atoms with Crippen molar-refractivity contribution in [1.29, 1.82) is 0 Å². The lowest BCUT2D eigenvalue weighted by molar-refractivity contribution is -0.137. The van der Waals surface area contributed by atoms with Gasteiger partial charge in [-0.3, -0.25) is 4.79 Å². The Hall–Kier alpha value is -2.24. The fourth-order valence-corrected chi connectivity index (χ4v) is 3.46. The van der Waals surface area contributed by atoms with Crippen LogP contribution in [-0.4, -0.2) is 45.0 Å². The van der Waals surface area contributed by atoms with Gasteiger partial charge in [-0.1, -0.05) is 54.8 Å². The molecule has 1 aliphatic rings. The Morgan fingerprint density at radius 3 is 2.61 bits per heavy atom. The SMILES string of the molecule is CN(CCc1ccccc1)C(=O)C1(c2nn[nH]n2)CCCCC1. The van der Waals surface area contributed by atoms with E-state index in [0.29, 0.717) is 12.4 Å². The second-order valence-electron chi connectivity index (χ2n) is 6.34. The molecule has 0 spiro atoms. The number of likely N-dealkylation sites (N-methyl/N-ethyl adjacent to an activating group) is 1. The zero-order valence-corrected chi connectivity index (χ0v) is 13.5. The number of hydrogen-bond donors (Lipinski definition) is 1. The molecule has 1 saturated carbocycles. The van der Waals surface area contributed by atoms with Crippen molar-refractivity contribution in [3.8, 4) is 0 Å². The summed E-state index contributed by atoms with van der Waals surface area (Å²) in [7, 11) is 1.88. The number of aromatic amines is 1. The minimum absolute atomic E-state index is 0.120. The molecule has 3 rings (SSSR count). The number of aromatic nitrogens is 4. The van der Waals surface area contributed by atoms with Crippen molar-refractivity contribution in [2.45, 2.75) is 43.9 Å². The summed E-state index contributed by atoms with van der Waals surface area (Å²) in [6.45, 7) is 0.697. The van der Waals surface area contributed by atoms with E-state index < -0.39 is 5.41 Å². The van der Waals surface area contributed by atoms with Gasteiger partial charge in [0, 0.05) is 13.6 Å².